The highest BCUT2D eigenvalue weighted by Crippen LogP contribution is 2.57. The van der Waals surface area contributed by atoms with E-state index in [1.165, 1.54) is 7.11 Å². The first-order chi connectivity index (χ1) is 9.35. The second kappa shape index (κ2) is 4.46. The topological polar surface area (TPSA) is 55.4 Å². The molecule has 1 N–H and O–H groups in total. The molecular weight excluding hydrogens is 274 g/mol. The van der Waals surface area contributed by atoms with Crippen LogP contribution >= 0.6 is 0 Å². The average Bonchev–Trinajstić information content (AvgIpc) is 2.31. The van der Waals surface area contributed by atoms with Crippen molar-refractivity contribution in [2.24, 2.45) is 5.92 Å². The number of hydrogen-bond donors (Lipinski definition) is 1. The standard InChI is InChI=1S/C15H21NO3S/c1-10(2)12-4-5-14(13(6-12)19-3)20(17,18)16-15-7-11(8-15)9-15/h4-6,10-11,16H,7-9H2,1-3H3. The minimum Gasteiger partial charge on any atom is -0.495 e. The Bertz CT molecular complexity index is 619. The normalized spacial score (nSPS) is 27.9. The van der Waals surface area contributed by atoms with Gasteiger partial charge in [-0.25, -0.2) is 13.1 Å². The van der Waals surface area contributed by atoms with Crippen LogP contribution in [0, 0.1) is 5.92 Å². The first-order valence-corrected chi connectivity index (χ1v) is 8.55. The van der Waals surface area contributed by atoms with Crippen LogP contribution < -0.4 is 9.46 Å². The van der Waals surface area contributed by atoms with Gasteiger partial charge in [-0.15, -0.1) is 0 Å². The van der Waals surface area contributed by atoms with Crippen molar-refractivity contribution in [2.75, 3.05) is 7.11 Å². The predicted molar refractivity (Wildman–Crippen MR) is 77.5 cm³/mol. The Kier molecular flexibility index (Phi) is 3.10. The summed E-state index contributed by atoms with van der Waals surface area (Å²) in [6.45, 7) is 4.14. The monoisotopic (exact) mass is 295 g/mol. The van der Waals surface area contributed by atoms with Gasteiger partial charge in [0.25, 0.3) is 0 Å². The van der Waals surface area contributed by atoms with Gasteiger partial charge in [0.15, 0.2) is 0 Å². The van der Waals surface area contributed by atoms with E-state index in [1.54, 1.807) is 6.07 Å². The summed E-state index contributed by atoms with van der Waals surface area (Å²) < 4.78 is 33.2. The largest absolute Gasteiger partial charge is 0.495 e. The quantitative estimate of drug-likeness (QED) is 0.908. The highest BCUT2D eigenvalue weighted by molar-refractivity contribution is 7.89. The second-order valence-electron chi connectivity index (χ2n) is 6.43. The van der Waals surface area contributed by atoms with Crippen LogP contribution in [-0.2, 0) is 10.0 Å². The molecule has 5 heteroatoms. The van der Waals surface area contributed by atoms with Crippen molar-refractivity contribution in [3.05, 3.63) is 23.8 Å². The van der Waals surface area contributed by atoms with Crippen LogP contribution in [0.2, 0.25) is 0 Å². The molecule has 0 radical (unpaired) electrons. The molecule has 1 aromatic carbocycles. The summed E-state index contributed by atoms with van der Waals surface area (Å²) in [6, 6.07) is 5.34. The van der Waals surface area contributed by atoms with Gasteiger partial charge < -0.3 is 4.74 Å². The van der Waals surface area contributed by atoms with Crippen LogP contribution in [0.15, 0.2) is 23.1 Å². The van der Waals surface area contributed by atoms with E-state index in [2.05, 4.69) is 18.6 Å². The molecule has 0 aromatic heterocycles. The van der Waals surface area contributed by atoms with Crippen LogP contribution in [0.4, 0.5) is 0 Å². The molecule has 20 heavy (non-hydrogen) atoms. The number of nitrogens with one attached hydrogen (secondary N) is 1. The SMILES string of the molecule is COc1cc(C(C)C)ccc1S(=O)(=O)NC12CC(C1)C2. The molecule has 4 rings (SSSR count). The fraction of sp³-hybridized carbons (Fsp3) is 0.600. The summed E-state index contributed by atoms with van der Waals surface area (Å²) in [6.07, 6.45) is 2.95. The van der Waals surface area contributed by atoms with E-state index in [9.17, 15) is 8.42 Å². The van der Waals surface area contributed by atoms with Crippen LogP contribution in [-0.4, -0.2) is 21.1 Å². The Morgan fingerprint density at radius 2 is 1.95 bits per heavy atom. The van der Waals surface area contributed by atoms with E-state index >= 15 is 0 Å². The van der Waals surface area contributed by atoms with E-state index in [4.69, 9.17) is 4.74 Å². The van der Waals surface area contributed by atoms with Crippen molar-refractivity contribution in [2.45, 2.75) is 49.5 Å². The van der Waals surface area contributed by atoms with Crippen LogP contribution in [0.25, 0.3) is 0 Å². The molecule has 0 heterocycles. The number of sulfonamides is 1. The Balaban J connectivity index is 1.91. The maximum Gasteiger partial charge on any atom is 0.244 e. The lowest BCUT2D eigenvalue weighted by Gasteiger charge is -2.61. The third-order valence-corrected chi connectivity index (χ3v) is 6.15. The molecule has 3 fully saturated rings. The zero-order chi connectivity index (χ0) is 14.5. The lowest BCUT2D eigenvalue weighted by molar-refractivity contribution is -0.0317. The summed E-state index contributed by atoms with van der Waals surface area (Å²) in [5.41, 5.74) is 0.914. The van der Waals surface area contributed by atoms with Crippen molar-refractivity contribution in [1.29, 1.82) is 0 Å². The highest BCUT2D eigenvalue weighted by atomic mass is 32.2. The molecule has 1 aromatic rings. The van der Waals surface area contributed by atoms with Crippen LogP contribution in [0.5, 0.6) is 5.75 Å². The number of rotatable bonds is 5. The minimum atomic E-state index is -3.50. The zero-order valence-corrected chi connectivity index (χ0v) is 13.0. The maximum absolute atomic E-state index is 12.5. The van der Waals surface area contributed by atoms with Gasteiger partial charge in [0.2, 0.25) is 10.0 Å². The summed E-state index contributed by atoms with van der Waals surface area (Å²) in [4.78, 5) is 0.245. The molecule has 0 spiro atoms. The minimum absolute atomic E-state index is 0.161. The maximum atomic E-state index is 12.5. The van der Waals surface area contributed by atoms with Crippen molar-refractivity contribution in [3.8, 4) is 5.75 Å². The van der Waals surface area contributed by atoms with Gasteiger partial charge in [-0.05, 0) is 48.8 Å². The van der Waals surface area contributed by atoms with Crippen molar-refractivity contribution < 1.29 is 13.2 Å². The van der Waals surface area contributed by atoms with Gasteiger partial charge in [0.1, 0.15) is 10.6 Å². The predicted octanol–water partition coefficient (Wildman–Crippen LogP) is 2.65. The molecule has 2 bridgehead atoms. The molecule has 3 aliphatic carbocycles. The highest BCUT2D eigenvalue weighted by Gasteiger charge is 2.58. The summed E-state index contributed by atoms with van der Waals surface area (Å²) in [5, 5.41) is 0. The van der Waals surface area contributed by atoms with Crippen LogP contribution in [0.1, 0.15) is 44.6 Å². The molecule has 0 unspecified atom stereocenters. The third-order valence-electron chi connectivity index (χ3n) is 4.53. The van der Waals surface area contributed by atoms with Gasteiger partial charge in [-0.2, -0.15) is 0 Å². The molecule has 0 atom stereocenters. The smallest absolute Gasteiger partial charge is 0.244 e. The lowest BCUT2D eigenvalue weighted by Crippen LogP contribution is -2.67. The summed E-state index contributed by atoms with van der Waals surface area (Å²) in [7, 11) is -1.99. The van der Waals surface area contributed by atoms with Crippen molar-refractivity contribution in [1.82, 2.24) is 4.72 Å². The molecule has 0 amide bonds. The molecule has 3 saturated carbocycles. The number of benzene rings is 1. The Labute approximate surface area is 120 Å². The number of hydrogen-bond acceptors (Lipinski definition) is 3. The first-order valence-electron chi connectivity index (χ1n) is 7.07. The fourth-order valence-electron chi connectivity index (χ4n) is 3.21. The molecule has 110 valence electrons. The summed E-state index contributed by atoms with van der Waals surface area (Å²) >= 11 is 0. The Morgan fingerprint density at radius 3 is 2.40 bits per heavy atom. The number of methoxy groups -OCH3 is 1. The lowest BCUT2D eigenvalue weighted by atomic mass is 9.50. The van der Waals surface area contributed by atoms with E-state index in [-0.39, 0.29) is 10.4 Å². The van der Waals surface area contributed by atoms with Gasteiger partial charge in [0.05, 0.1) is 7.11 Å². The fourth-order valence-corrected chi connectivity index (χ4v) is 4.79. The molecule has 4 nitrogen and oxygen atoms in total. The molecule has 3 aliphatic rings. The first kappa shape index (κ1) is 13.9. The Hall–Kier alpha value is -1.07. The average molecular weight is 295 g/mol. The van der Waals surface area contributed by atoms with E-state index < -0.39 is 10.0 Å². The third kappa shape index (κ3) is 2.13. The molecular formula is C15H21NO3S. The second-order valence-corrected chi connectivity index (χ2v) is 8.08. The van der Waals surface area contributed by atoms with E-state index in [0.717, 1.165) is 30.7 Å². The van der Waals surface area contributed by atoms with Crippen molar-refractivity contribution in [3.63, 3.8) is 0 Å². The van der Waals surface area contributed by atoms with Crippen molar-refractivity contribution >= 4 is 10.0 Å². The van der Waals surface area contributed by atoms with E-state index in [1.807, 2.05) is 12.1 Å². The van der Waals surface area contributed by atoms with Crippen LogP contribution in [0.3, 0.4) is 0 Å². The van der Waals surface area contributed by atoms with Gasteiger partial charge in [-0.3, -0.25) is 0 Å². The van der Waals surface area contributed by atoms with Gasteiger partial charge in [-0.1, -0.05) is 19.9 Å². The number of ether oxygens (including phenoxy) is 1. The van der Waals surface area contributed by atoms with Gasteiger partial charge in [0, 0.05) is 5.54 Å². The molecule has 0 saturated heterocycles. The zero-order valence-electron chi connectivity index (χ0n) is 12.1. The van der Waals surface area contributed by atoms with Gasteiger partial charge >= 0.3 is 0 Å². The molecule has 0 aliphatic heterocycles. The summed E-state index contributed by atoms with van der Waals surface area (Å²) in [5.74, 6) is 1.50. The Morgan fingerprint density at radius 1 is 1.30 bits per heavy atom. The van der Waals surface area contributed by atoms with E-state index in [0.29, 0.717) is 11.7 Å².